The van der Waals surface area contributed by atoms with Gasteiger partial charge in [0.25, 0.3) is 0 Å². The molecule has 0 amide bonds. The highest BCUT2D eigenvalue weighted by Crippen LogP contribution is 2.47. The first-order chi connectivity index (χ1) is 6.56. The summed E-state index contributed by atoms with van der Waals surface area (Å²) in [4.78, 5) is 0. The van der Waals surface area contributed by atoms with Gasteiger partial charge in [0.1, 0.15) is 6.10 Å². The molecule has 1 aliphatic carbocycles. The van der Waals surface area contributed by atoms with Crippen molar-refractivity contribution >= 4 is 0 Å². The van der Waals surface area contributed by atoms with Gasteiger partial charge in [-0.25, -0.2) is 0 Å². The third-order valence-electron chi connectivity index (χ3n) is 3.57. The van der Waals surface area contributed by atoms with Crippen LogP contribution in [0.2, 0.25) is 0 Å². The van der Waals surface area contributed by atoms with Crippen LogP contribution in [0.15, 0.2) is 0 Å². The number of aliphatic hydroxyl groups excluding tert-OH is 1. The second-order valence-electron chi connectivity index (χ2n) is 4.96. The van der Waals surface area contributed by atoms with Crippen molar-refractivity contribution in [3.8, 4) is 0 Å². The first-order valence-electron chi connectivity index (χ1n) is 5.62. The zero-order valence-electron chi connectivity index (χ0n) is 8.94. The average Bonchev–Trinajstić information content (AvgIpc) is 2.83. The molecule has 5 atom stereocenters. The fourth-order valence-corrected chi connectivity index (χ4v) is 2.66. The Morgan fingerprint density at radius 2 is 2.21 bits per heavy atom. The van der Waals surface area contributed by atoms with E-state index in [9.17, 15) is 10.2 Å². The summed E-state index contributed by atoms with van der Waals surface area (Å²) >= 11 is 0. The van der Waals surface area contributed by atoms with E-state index in [1.807, 2.05) is 0 Å². The Morgan fingerprint density at radius 1 is 1.50 bits per heavy atom. The number of hydrogen-bond acceptors (Lipinski definition) is 3. The van der Waals surface area contributed by atoms with Crippen LogP contribution in [0, 0.1) is 5.92 Å². The predicted octanol–water partition coefficient (Wildman–Crippen LogP) is 1.08. The number of unbranched alkanes of at least 4 members (excludes halogenated alkanes) is 1. The van der Waals surface area contributed by atoms with Gasteiger partial charge < -0.3 is 14.9 Å². The van der Waals surface area contributed by atoms with Gasteiger partial charge in [-0.3, -0.25) is 0 Å². The van der Waals surface area contributed by atoms with Crippen LogP contribution in [0.5, 0.6) is 0 Å². The summed E-state index contributed by atoms with van der Waals surface area (Å²) in [6, 6.07) is 0. The van der Waals surface area contributed by atoms with Gasteiger partial charge in [0.15, 0.2) is 0 Å². The van der Waals surface area contributed by atoms with Crippen LogP contribution >= 0.6 is 0 Å². The highest BCUT2D eigenvalue weighted by Gasteiger charge is 2.60. The first-order valence-corrected chi connectivity index (χ1v) is 5.62. The molecule has 0 spiro atoms. The minimum Gasteiger partial charge on any atom is -0.393 e. The van der Waals surface area contributed by atoms with E-state index in [1.54, 1.807) is 6.92 Å². The number of rotatable bonds is 3. The quantitative estimate of drug-likeness (QED) is 0.670. The summed E-state index contributed by atoms with van der Waals surface area (Å²) in [5, 5.41) is 19.8. The molecule has 1 aliphatic heterocycles. The summed E-state index contributed by atoms with van der Waals surface area (Å²) < 4.78 is 5.46. The third-order valence-corrected chi connectivity index (χ3v) is 3.57. The lowest BCUT2D eigenvalue weighted by Gasteiger charge is -2.33. The summed E-state index contributed by atoms with van der Waals surface area (Å²) in [5.74, 6) is 0.250. The number of epoxide rings is 1. The molecule has 14 heavy (non-hydrogen) atoms. The number of fused-ring (bicyclic) bond motifs is 1. The van der Waals surface area contributed by atoms with Crippen molar-refractivity contribution in [3.05, 3.63) is 0 Å². The molecule has 1 saturated heterocycles. The Hall–Kier alpha value is -0.120. The Morgan fingerprint density at radius 3 is 2.86 bits per heavy atom. The van der Waals surface area contributed by atoms with E-state index in [0.29, 0.717) is 6.42 Å². The van der Waals surface area contributed by atoms with Crippen molar-refractivity contribution in [1.82, 2.24) is 0 Å². The maximum atomic E-state index is 9.91. The highest BCUT2D eigenvalue weighted by molar-refractivity contribution is 5.09. The van der Waals surface area contributed by atoms with Gasteiger partial charge in [-0.2, -0.15) is 0 Å². The van der Waals surface area contributed by atoms with Gasteiger partial charge in [0.05, 0.1) is 17.8 Å². The van der Waals surface area contributed by atoms with Crippen molar-refractivity contribution in [2.24, 2.45) is 5.92 Å². The van der Waals surface area contributed by atoms with E-state index in [1.165, 1.54) is 0 Å². The molecular weight excluding hydrogens is 180 g/mol. The zero-order chi connectivity index (χ0) is 10.3. The average molecular weight is 200 g/mol. The summed E-state index contributed by atoms with van der Waals surface area (Å²) in [6.07, 6.45) is 3.47. The standard InChI is InChI=1S/C11H20O3/c1-3-4-5-7-8(12)6-11(2,13)10-9(7)14-10/h7-10,12-13H,3-6H2,1-2H3/t7-,8-,9-,10-,11-/m1/s1. The first kappa shape index (κ1) is 10.4. The molecule has 2 aliphatic rings. The Kier molecular flexibility index (Phi) is 2.58. The summed E-state index contributed by atoms with van der Waals surface area (Å²) in [7, 11) is 0. The maximum absolute atomic E-state index is 9.91. The summed E-state index contributed by atoms with van der Waals surface area (Å²) in [6.45, 7) is 3.91. The monoisotopic (exact) mass is 200 g/mol. The fraction of sp³-hybridized carbons (Fsp3) is 1.00. The van der Waals surface area contributed by atoms with E-state index in [2.05, 4.69) is 6.92 Å². The van der Waals surface area contributed by atoms with E-state index in [-0.39, 0.29) is 24.2 Å². The van der Waals surface area contributed by atoms with E-state index in [4.69, 9.17) is 4.74 Å². The third kappa shape index (κ3) is 1.69. The van der Waals surface area contributed by atoms with Crippen LogP contribution in [0.25, 0.3) is 0 Å². The molecule has 2 rings (SSSR count). The molecule has 1 saturated carbocycles. The number of ether oxygens (including phenoxy) is 1. The SMILES string of the molecule is CCCC[C@H]1[C@H]2O[C@H]2[C@](C)(O)C[C@H]1O. The highest BCUT2D eigenvalue weighted by atomic mass is 16.6. The topological polar surface area (TPSA) is 53.0 Å². The van der Waals surface area contributed by atoms with Gasteiger partial charge in [-0.05, 0) is 13.3 Å². The van der Waals surface area contributed by atoms with E-state index < -0.39 is 5.60 Å². The molecule has 82 valence electrons. The smallest absolute Gasteiger partial charge is 0.113 e. The normalized spacial score (nSPS) is 51.4. The Bertz CT molecular complexity index is 213. The van der Waals surface area contributed by atoms with Gasteiger partial charge in [-0.15, -0.1) is 0 Å². The number of aliphatic hydroxyl groups is 2. The minimum absolute atomic E-state index is 0.0206. The van der Waals surface area contributed by atoms with Crippen LogP contribution in [0.4, 0.5) is 0 Å². The molecule has 0 bridgehead atoms. The van der Waals surface area contributed by atoms with Crippen LogP contribution in [0.1, 0.15) is 39.5 Å². The molecule has 3 nitrogen and oxygen atoms in total. The molecule has 3 heteroatoms. The van der Waals surface area contributed by atoms with Crippen molar-refractivity contribution in [2.75, 3.05) is 0 Å². The van der Waals surface area contributed by atoms with Gasteiger partial charge in [0, 0.05) is 12.3 Å². The molecule has 0 unspecified atom stereocenters. The van der Waals surface area contributed by atoms with Crippen LogP contribution < -0.4 is 0 Å². The van der Waals surface area contributed by atoms with Gasteiger partial charge >= 0.3 is 0 Å². The second kappa shape index (κ2) is 3.47. The maximum Gasteiger partial charge on any atom is 0.113 e. The van der Waals surface area contributed by atoms with E-state index >= 15 is 0 Å². The molecule has 0 aromatic rings. The largest absolute Gasteiger partial charge is 0.393 e. The zero-order valence-corrected chi connectivity index (χ0v) is 8.94. The second-order valence-corrected chi connectivity index (χ2v) is 4.96. The van der Waals surface area contributed by atoms with Crippen LogP contribution in [-0.4, -0.2) is 34.1 Å². The lowest BCUT2D eigenvalue weighted by Crippen LogP contribution is -2.46. The lowest BCUT2D eigenvalue weighted by molar-refractivity contribution is -0.0443. The van der Waals surface area contributed by atoms with Crippen molar-refractivity contribution in [3.63, 3.8) is 0 Å². The number of hydrogen-bond donors (Lipinski definition) is 2. The van der Waals surface area contributed by atoms with Crippen LogP contribution in [-0.2, 0) is 4.74 Å². The van der Waals surface area contributed by atoms with Gasteiger partial charge in [0.2, 0.25) is 0 Å². The molecule has 0 aromatic carbocycles. The van der Waals surface area contributed by atoms with Crippen LogP contribution in [0.3, 0.4) is 0 Å². The van der Waals surface area contributed by atoms with E-state index in [0.717, 1.165) is 19.3 Å². The summed E-state index contributed by atoms with van der Waals surface area (Å²) in [5.41, 5.74) is -0.813. The Balaban J connectivity index is 1.95. The van der Waals surface area contributed by atoms with Gasteiger partial charge in [-0.1, -0.05) is 19.8 Å². The van der Waals surface area contributed by atoms with Crippen molar-refractivity contribution in [1.29, 1.82) is 0 Å². The van der Waals surface area contributed by atoms with Crippen molar-refractivity contribution < 1.29 is 14.9 Å². The molecule has 2 N–H and O–H groups in total. The lowest BCUT2D eigenvalue weighted by atomic mass is 9.76. The molecule has 0 aromatic heterocycles. The molecule has 2 fully saturated rings. The predicted molar refractivity (Wildman–Crippen MR) is 52.9 cm³/mol. The molecule has 1 heterocycles. The molecular formula is C11H20O3. The fourth-order valence-electron chi connectivity index (χ4n) is 2.66. The Labute approximate surface area is 85.1 Å². The van der Waals surface area contributed by atoms with Crippen molar-refractivity contribution in [2.45, 2.75) is 63.4 Å². The molecule has 0 radical (unpaired) electrons. The minimum atomic E-state index is -0.813.